The summed E-state index contributed by atoms with van der Waals surface area (Å²) in [6.45, 7) is -0.596. The number of carbonyl (C=O) groups excluding carboxylic acids is 1. The van der Waals surface area contributed by atoms with Crippen molar-refractivity contribution in [2.45, 2.75) is 4.90 Å². The van der Waals surface area contributed by atoms with Gasteiger partial charge in [-0.15, -0.1) is 0 Å². The molecule has 3 aromatic carbocycles. The zero-order valence-electron chi connectivity index (χ0n) is 16.8. The maximum Gasteiger partial charge on any atom is 0.262 e. The molecule has 8 nitrogen and oxygen atoms in total. The largest absolute Gasteiger partial charge is 0.481 e. The van der Waals surface area contributed by atoms with Crippen molar-refractivity contribution in [3.63, 3.8) is 0 Å². The van der Waals surface area contributed by atoms with Crippen LogP contribution in [0.25, 0.3) is 0 Å². The number of nitrogens with two attached hydrogens (primary N) is 1. The summed E-state index contributed by atoms with van der Waals surface area (Å²) >= 11 is 15.1. The summed E-state index contributed by atoms with van der Waals surface area (Å²) in [4.78, 5) is 12.0. The fraction of sp³-hybridized carbons (Fsp3) is 0.0476. The molecule has 13 heteroatoms. The van der Waals surface area contributed by atoms with Gasteiger partial charge >= 0.3 is 0 Å². The summed E-state index contributed by atoms with van der Waals surface area (Å²) in [5.41, 5.74) is 0.330. The first kappa shape index (κ1) is 25.7. The molecule has 0 spiro atoms. The highest BCUT2D eigenvalue weighted by Gasteiger charge is 2.18. The van der Waals surface area contributed by atoms with E-state index in [-0.39, 0.29) is 47.9 Å². The lowest BCUT2D eigenvalue weighted by Crippen LogP contribution is -2.21. The summed E-state index contributed by atoms with van der Waals surface area (Å²) in [5, 5.41) is 16.7. The van der Waals surface area contributed by atoms with Gasteiger partial charge in [-0.25, -0.2) is 13.6 Å². The number of hydrogen-bond donors (Lipinski definition) is 2. The Bertz CT molecular complexity index is 1430. The van der Waals surface area contributed by atoms with Crippen LogP contribution in [-0.2, 0) is 14.8 Å². The van der Waals surface area contributed by atoms with Gasteiger partial charge in [0, 0.05) is 5.02 Å². The molecule has 0 aliphatic carbocycles. The molecule has 0 saturated carbocycles. The van der Waals surface area contributed by atoms with E-state index in [0.717, 1.165) is 6.07 Å². The molecule has 0 atom stereocenters. The van der Waals surface area contributed by atoms with Crippen LogP contribution in [0.1, 0.15) is 5.56 Å². The lowest BCUT2D eigenvalue weighted by molar-refractivity contribution is -0.118. The van der Waals surface area contributed by atoms with E-state index in [1.165, 1.54) is 42.5 Å². The molecule has 0 aromatic heterocycles. The molecular weight excluding hydrogens is 576 g/mol. The highest BCUT2D eigenvalue weighted by atomic mass is 79.9. The zero-order chi connectivity index (χ0) is 25.0. The summed E-state index contributed by atoms with van der Waals surface area (Å²) in [5.74, 6) is -2.01. The summed E-state index contributed by atoms with van der Waals surface area (Å²) < 4.78 is 48.8. The summed E-state index contributed by atoms with van der Waals surface area (Å²) in [7, 11) is -3.96. The summed E-state index contributed by atoms with van der Waals surface area (Å²) in [6.07, 6.45) is 0. The van der Waals surface area contributed by atoms with Crippen LogP contribution in [0.5, 0.6) is 17.2 Å². The molecule has 3 rings (SSSR count). The van der Waals surface area contributed by atoms with Gasteiger partial charge in [-0.3, -0.25) is 4.79 Å². The molecule has 0 aliphatic rings. The van der Waals surface area contributed by atoms with Crippen molar-refractivity contribution in [3.05, 3.63) is 74.4 Å². The first-order chi connectivity index (χ1) is 16.0. The predicted octanol–water partition coefficient (Wildman–Crippen LogP) is 5.22. The van der Waals surface area contributed by atoms with E-state index < -0.39 is 28.4 Å². The predicted molar refractivity (Wildman–Crippen MR) is 127 cm³/mol. The molecular formula is C21H13BrCl2FN3O5S. The summed E-state index contributed by atoms with van der Waals surface area (Å²) in [6, 6.07) is 12.4. The Balaban J connectivity index is 1.73. The van der Waals surface area contributed by atoms with Crippen molar-refractivity contribution in [1.29, 1.82) is 5.26 Å². The molecule has 0 bridgehead atoms. The third-order valence-electron chi connectivity index (χ3n) is 4.14. The highest BCUT2D eigenvalue weighted by molar-refractivity contribution is 9.10. The van der Waals surface area contributed by atoms with Crippen LogP contribution in [0.4, 0.5) is 10.1 Å². The van der Waals surface area contributed by atoms with Crippen molar-refractivity contribution in [2.24, 2.45) is 5.14 Å². The number of benzene rings is 3. The van der Waals surface area contributed by atoms with E-state index in [1.807, 2.05) is 6.07 Å². The number of rotatable bonds is 7. The van der Waals surface area contributed by atoms with Crippen LogP contribution < -0.4 is 19.9 Å². The molecule has 3 aromatic rings. The van der Waals surface area contributed by atoms with Crippen LogP contribution in [0.2, 0.25) is 10.0 Å². The van der Waals surface area contributed by atoms with Crippen LogP contribution in [0.3, 0.4) is 0 Å². The fourth-order valence-electron chi connectivity index (χ4n) is 2.63. The van der Waals surface area contributed by atoms with Crippen LogP contribution in [0, 0.1) is 17.1 Å². The van der Waals surface area contributed by atoms with E-state index in [4.69, 9.17) is 43.1 Å². The molecule has 0 aliphatic heterocycles. The number of hydrogen-bond acceptors (Lipinski definition) is 6. The average molecular weight is 589 g/mol. The lowest BCUT2D eigenvalue weighted by Gasteiger charge is -2.14. The number of nitrogens with zero attached hydrogens (tertiary/aromatic N) is 1. The van der Waals surface area contributed by atoms with Crippen molar-refractivity contribution in [1.82, 2.24) is 0 Å². The monoisotopic (exact) mass is 587 g/mol. The number of nitrogens with one attached hydrogen (secondary N) is 1. The maximum absolute atomic E-state index is 15.0. The molecule has 176 valence electrons. The molecule has 1 amide bonds. The Kier molecular flexibility index (Phi) is 8.01. The van der Waals surface area contributed by atoms with Gasteiger partial charge in [-0.1, -0.05) is 23.2 Å². The van der Waals surface area contributed by atoms with Crippen LogP contribution in [0.15, 0.2) is 57.9 Å². The third-order valence-corrected chi connectivity index (χ3v) is 6.20. The molecule has 34 heavy (non-hydrogen) atoms. The molecule has 0 fully saturated rings. The minimum absolute atomic E-state index is 0.0661. The SMILES string of the molecule is N#Cc1cc(Cl)cc(Oc2c(Br)ccc(OCC(=O)Nc3ccc(S(N)(=O)=O)cc3Cl)c2F)c1. The highest BCUT2D eigenvalue weighted by Crippen LogP contribution is 2.38. The number of sulfonamides is 1. The first-order valence-corrected chi connectivity index (χ1v) is 12.2. The van der Waals surface area contributed by atoms with Crippen LogP contribution in [-0.4, -0.2) is 20.9 Å². The number of carbonyl (C=O) groups is 1. The van der Waals surface area contributed by atoms with E-state index >= 15 is 4.39 Å². The Morgan fingerprint density at radius 2 is 1.91 bits per heavy atom. The molecule has 0 unspecified atom stereocenters. The molecule has 0 heterocycles. The number of nitriles is 1. The molecule has 3 N–H and O–H groups in total. The number of halogens is 4. The Hall–Kier alpha value is -2.88. The second kappa shape index (κ2) is 10.6. The molecule has 0 radical (unpaired) electrons. The second-order valence-electron chi connectivity index (χ2n) is 6.60. The Labute approximate surface area is 212 Å². The van der Waals surface area contributed by atoms with E-state index in [0.29, 0.717) is 0 Å². The van der Waals surface area contributed by atoms with E-state index in [2.05, 4.69) is 21.2 Å². The average Bonchev–Trinajstić information content (AvgIpc) is 2.76. The van der Waals surface area contributed by atoms with Gasteiger partial charge in [-0.05, 0) is 64.5 Å². The van der Waals surface area contributed by atoms with Gasteiger partial charge < -0.3 is 14.8 Å². The van der Waals surface area contributed by atoms with Gasteiger partial charge in [-0.2, -0.15) is 9.65 Å². The van der Waals surface area contributed by atoms with Gasteiger partial charge in [0.1, 0.15) is 5.75 Å². The number of primary sulfonamides is 1. The lowest BCUT2D eigenvalue weighted by atomic mass is 10.2. The van der Waals surface area contributed by atoms with Crippen molar-refractivity contribution in [2.75, 3.05) is 11.9 Å². The van der Waals surface area contributed by atoms with Crippen molar-refractivity contribution < 1.29 is 27.1 Å². The van der Waals surface area contributed by atoms with E-state index in [1.54, 1.807) is 0 Å². The smallest absolute Gasteiger partial charge is 0.262 e. The van der Waals surface area contributed by atoms with Crippen molar-refractivity contribution in [3.8, 4) is 23.3 Å². The number of amides is 1. The minimum atomic E-state index is -3.96. The van der Waals surface area contributed by atoms with E-state index in [9.17, 15) is 13.2 Å². The first-order valence-electron chi connectivity index (χ1n) is 9.09. The maximum atomic E-state index is 15.0. The quantitative estimate of drug-likeness (QED) is 0.389. The normalized spacial score (nSPS) is 10.9. The Morgan fingerprint density at radius 1 is 1.18 bits per heavy atom. The second-order valence-corrected chi connectivity index (χ2v) is 9.86. The third kappa shape index (κ3) is 6.37. The zero-order valence-corrected chi connectivity index (χ0v) is 20.7. The van der Waals surface area contributed by atoms with Gasteiger partial charge in [0.2, 0.25) is 15.8 Å². The minimum Gasteiger partial charge on any atom is -0.481 e. The standard InChI is InChI=1S/C21H13BrCl2FN3O5S/c22-15-2-4-18(20(25)21(15)33-13-6-11(9-26)5-12(23)7-13)32-10-19(29)28-17-3-1-14(8-16(17)24)34(27,30)31/h1-8H,10H2,(H,28,29)(H2,27,30,31). The van der Waals surface area contributed by atoms with Gasteiger partial charge in [0.25, 0.3) is 5.91 Å². The Morgan fingerprint density at radius 3 is 2.56 bits per heavy atom. The fourth-order valence-corrected chi connectivity index (χ4v) is 4.07. The number of anilines is 1. The molecule has 0 saturated heterocycles. The van der Waals surface area contributed by atoms with Gasteiger partial charge in [0.05, 0.1) is 31.7 Å². The topological polar surface area (TPSA) is 132 Å². The van der Waals surface area contributed by atoms with Crippen molar-refractivity contribution >= 4 is 60.7 Å². The number of ether oxygens (including phenoxy) is 2. The van der Waals surface area contributed by atoms with Gasteiger partial charge in [0.15, 0.2) is 18.1 Å². The van der Waals surface area contributed by atoms with Crippen LogP contribution >= 0.6 is 39.1 Å².